The first-order chi connectivity index (χ1) is 11.7. The molecule has 3 rings (SSSR count). The van der Waals surface area contributed by atoms with E-state index < -0.39 is 0 Å². The lowest BCUT2D eigenvalue weighted by atomic mass is 10.0. The SMILES string of the molecule is CCCC[N+]1(c2ccccc2)C(=O)C(CC)CSc2ccccc21. The van der Waals surface area contributed by atoms with Crippen molar-refractivity contribution in [2.75, 3.05) is 12.3 Å². The van der Waals surface area contributed by atoms with E-state index >= 15 is 0 Å². The van der Waals surface area contributed by atoms with Crippen LogP contribution >= 0.6 is 11.8 Å². The maximum atomic E-state index is 13.7. The second-order valence-corrected chi connectivity index (χ2v) is 7.51. The van der Waals surface area contributed by atoms with Crippen LogP contribution in [0.15, 0.2) is 59.5 Å². The number of carbonyl (C=O) groups is 1. The normalized spacial score (nSPS) is 23.6. The maximum Gasteiger partial charge on any atom is 0.327 e. The zero-order valence-electron chi connectivity index (χ0n) is 14.6. The summed E-state index contributed by atoms with van der Waals surface area (Å²) in [5, 5.41) is 0. The second-order valence-electron chi connectivity index (χ2n) is 6.44. The zero-order valence-corrected chi connectivity index (χ0v) is 15.4. The first-order valence-corrected chi connectivity index (χ1v) is 9.93. The Labute approximate surface area is 149 Å². The lowest BCUT2D eigenvalue weighted by Crippen LogP contribution is -2.53. The van der Waals surface area contributed by atoms with E-state index in [4.69, 9.17) is 0 Å². The summed E-state index contributed by atoms with van der Waals surface area (Å²) < 4.78 is 0.371. The number of unbranched alkanes of at least 4 members (excludes halogenated alkanes) is 1. The van der Waals surface area contributed by atoms with Crippen molar-refractivity contribution < 1.29 is 4.79 Å². The summed E-state index contributed by atoms with van der Waals surface area (Å²) in [5.74, 6) is 1.33. The van der Waals surface area contributed by atoms with E-state index in [9.17, 15) is 4.79 Å². The van der Waals surface area contributed by atoms with Crippen molar-refractivity contribution >= 4 is 29.0 Å². The van der Waals surface area contributed by atoms with Crippen LogP contribution in [0.3, 0.4) is 0 Å². The van der Waals surface area contributed by atoms with Crippen molar-refractivity contribution in [3.05, 3.63) is 54.6 Å². The van der Waals surface area contributed by atoms with Gasteiger partial charge in [0, 0.05) is 24.0 Å². The molecule has 1 heterocycles. The molecule has 0 spiro atoms. The maximum absolute atomic E-state index is 13.7. The molecule has 0 aliphatic carbocycles. The highest BCUT2D eigenvalue weighted by atomic mass is 32.2. The number of nitrogens with zero attached hydrogens (tertiary/aromatic N) is 1. The Kier molecular flexibility index (Phi) is 5.42. The molecule has 0 N–H and O–H groups in total. The third kappa shape index (κ3) is 2.91. The molecule has 0 saturated heterocycles. The minimum atomic E-state index is 0.0967. The van der Waals surface area contributed by atoms with E-state index in [0.29, 0.717) is 10.4 Å². The number of para-hydroxylation sites is 2. The summed E-state index contributed by atoms with van der Waals surface area (Å²) >= 11 is 1.84. The lowest BCUT2D eigenvalue weighted by molar-refractivity contribution is -0.131. The molecule has 2 aromatic carbocycles. The Hall–Kier alpha value is -1.58. The molecule has 1 aliphatic heterocycles. The van der Waals surface area contributed by atoms with E-state index in [-0.39, 0.29) is 5.92 Å². The first kappa shape index (κ1) is 17.2. The smallest absolute Gasteiger partial charge is 0.230 e. The zero-order chi connectivity index (χ0) is 17.0. The minimum Gasteiger partial charge on any atom is -0.230 e. The Balaban J connectivity index is 2.26. The van der Waals surface area contributed by atoms with Gasteiger partial charge in [0.25, 0.3) is 0 Å². The van der Waals surface area contributed by atoms with Crippen molar-refractivity contribution in [3.63, 3.8) is 0 Å². The summed E-state index contributed by atoms with van der Waals surface area (Å²) in [6.07, 6.45) is 3.03. The number of carbonyl (C=O) groups excluding carboxylic acids is 1. The average Bonchev–Trinajstić information content (AvgIpc) is 2.76. The summed E-state index contributed by atoms with van der Waals surface area (Å²) in [4.78, 5) is 15.0. The molecule has 3 heteroatoms. The number of rotatable bonds is 5. The standard InChI is InChI=1S/C21H26NOS/c1-3-5-15-22(18-11-7-6-8-12-18)19-13-9-10-14-20(19)24-16-17(4-2)21(22)23/h6-14,17H,3-5,15-16H2,1-2H3/q+1. The monoisotopic (exact) mass is 340 g/mol. The minimum absolute atomic E-state index is 0.0967. The van der Waals surface area contributed by atoms with E-state index in [2.05, 4.69) is 62.4 Å². The molecule has 24 heavy (non-hydrogen) atoms. The molecular weight excluding hydrogens is 314 g/mol. The second kappa shape index (κ2) is 7.54. The van der Waals surface area contributed by atoms with Crippen molar-refractivity contribution in [2.24, 2.45) is 5.92 Å². The third-order valence-corrected chi connectivity index (χ3v) is 6.20. The van der Waals surface area contributed by atoms with Gasteiger partial charge in [-0.15, -0.1) is 11.8 Å². The van der Waals surface area contributed by atoms with Gasteiger partial charge >= 0.3 is 5.91 Å². The average molecular weight is 341 g/mol. The van der Waals surface area contributed by atoms with Crippen LogP contribution in [0, 0.1) is 5.92 Å². The number of fused-ring (bicyclic) bond motifs is 1. The summed E-state index contributed by atoms with van der Waals surface area (Å²) in [6, 6.07) is 18.9. The number of amides is 1. The van der Waals surface area contributed by atoms with Crippen LogP contribution < -0.4 is 4.48 Å². The fourth-order valence-electron chi connectivity index (χ4n) is 3.58. The van der Waals surface area contributed by atoms with Crippen LogP contribution in [0.1, 0.15) is 33.1 Å². The molecule has 2 unspecified atom stereocenters. The third-order valence-electron chi connectivity index (χ3n) is 4.98. The number of benzene rings is 2. The van der Waals surface area contributed by atoms with Gasteiger partial charge in [0.15, 0.2) is 5.69 Å². The molecule has 0 aromatic heterocycles. The molecule has 126 valence electrons. The fourth-order valence-corrected chi connectivity index (χ4v) is 4.89. The van der Waals surface area contributed by atoms with Gasteiger partial charge < -0.3 is 0 Å². The summed E-state index contributed by atoms with van der Waals surface area (Å²) in [6.45, 7) is 5.17. The van der Waals surface area contributed by atoms with Gasteiger partial charge in [-0.2, -0.15) is 4.48 Å². The van der Waals surface area contributed by atoms with Gasteiger partial charge in [-0.05, 0) is 18.9 Å². The number of quaternary nitrogens is 1. The first-order valence-electron chi connectivity index (χ1n) is 8.94. The Morgan fingerprint density at radius 3 is 2.46 bits per heavy atom. The predicted molar refractivity (Wildman–Crippen MR) is 104 cm³/mol. The quantitative estimate of drug-likeness (QED) is 0.641. The molecule has 2 nitrogen and oxygen atoms in total. The van der Waals surface area contributed by atoms with Crippen molar-refractivity contribution in [1.29, 1.82) is 0 Å². The van der Waals surface area contributed by atoms with Crippen molar-refractivity contribution in [2.45, 2.75) is 38.0 Å². The van der Waals surface area contributed by atoms with E-state index in [1.165, 1.54) is 4.90 Å². The van der Waals surface area contributed by atoms with Gasteiger partial charge in [-0.1, -0.05) is 50.6 Å². The van der Waals surface area contributed by atoms with Gasteiger partial charge in [0.05, 0.1) is 17.4 Å². The van der Waals surface area contributed by atoms with E-state index in [0.717, 1.165) is 42.9 Å². The van der Waals surface area contributed by atoms with Crippen molar-refractivity contribution in [1.82, 2.24) is 4.48 Å². The fraction of sp³-hybridized carbons (Fsp3) is 0.381. The van der Waals surface area contributed by atoms with E-state index in [1.807, 2.05) is 17.8 Å². The summed E-state index contributed by atoms with van der Waals surface area (Å²) in [5.41, 5.74) is 2.26. The molecular formula is C21H26NOS+. The highest BCUT2D eigenvalue weighted by molar-refractivity contribution is 7.99. The number of hydrogen-bond donors (Lipinski definition) is 0. The van der Waals surface area contributed by atoms with Gasteiger partial charge in [0.2, 0.25) is 0 Å². The van der Waals surface area contributed by atoms with Crippen LogP contribution in [0.2, 0.25) is 0 Å². The molecule has 1 aliphatic rings. The molecule has 0 radical (unpaired) electrons. The van der Waals surface area contributed by atoms with E-state index in [1.54, 1.807) is 0 Å². The molecule has 2 atom stereocenters. The molecule has 2 aromatic rings. The topological polar surface area (TPSA) is 17.1 Å². The van der Waals surface area contributed by atoms with Crippen LogP contribution in [0.25, 0.3) is 0 Å². The van der Waals surface area contributed by atoms with Crippen molar-refractivity contribution in [3.8, 4) is 0 Å². The molecule has 0 bridgehead atoms. The Morgan fingerprint density at radius 2 is 1.75 bits per heavy atom. The highest BCUT2D eigenvalue weighted by Crippen LogP contribution is 2.46. The van der Waals surface area contributed by atoms with Crippen LogP contribution in [-0.2, 0) is 4.79 Å². The van der Waals surface area contributed by atoms with Gasteiger partial charge in [0.1, 0.15) is 5.69 Å². The Bertz CT molecular complexity index is 700. The van der Waals surface area contributed by atoms with Crippen LogP contribution in [0.4, 0.5) is 11.4 Å². The number of hydrogen-bond acceptors (Lipinski definition) is 2. The molecule has 0 fully saturated rings. The van der Waals surface area contributed by atoms with Crippen LogP contribution in [0.5, 0.6) is 0 Å². The van der Waals surface area contributed by atoms with Gasteiger partial charge in [-0.3, -0.25) is 0 Å². The summed E-state index contributed by atoms with van der Waals surface area (Å²) in [7, 11) is 0. The van der Waals surface area contributed by atoms with Gasteiger partial charge in [-0.25, -0.2) is 4.79 Å². The highest BCUT2D eigenvalue weighted by Gasteiger charge is 2.47. The molecule has 0 saturated carbocycles. The molecule has 1 amide bonds. The van der Waals surface area contributed by atoms with Crippen LogP contribution in [-0.4, -0.2) is 18.2 Å². The number of thioether (sulfide) groups is 1. The Morgan fingerprint density at radius 1 is 1.04 bits per heavy atom. The largest absolute Gasteiger partial charge is 0.327 e. The lowest BCUT2D eigenvalue weighted by Gasteiger charge is -2.36. The predicted octanol–water partition coefficient (Wildman–Crippen LogP) is 5.78.